The molecule has 0 fully saturated rings. The van der Waals surface area contributed by atoms with Crippen LogP contribution in [0.1, 0.15) is 111 Å². The van der Waals surface area contributed by atoms with Crippen molar-refractivity contribution in [1.82, 2.24) is 0 Å². The van der Waals surface area contributed by atoms with Crippen LogP contribution in [0.3, 0.4) is 0 Å². The Bertz CT molecular complexity index is 486. The van der Waals surface area contributed by atoms with Crippen molar-refractivity contribution in [3.8, 4) is 0 Å². The zero-order chi connectivity index (χ0) is 23.5. The Labute approximate surface area is 186 Å². The molecule has 2 atom stereocenters. The molecule has 0 rings (SSSR count). The molecule has 2 unspecified atom stereocenters. The molecule has 0 aliphatic rings. The molecule has 0 radical (unpaired) electrons. The average Bonchev–Trinajstić information content (AvgIpc) is 2.66. The van der Waals surface area contributed by atoms with E-state index in [1.54, 1.807) is 13.8 Å². The summed E-state index contributed by atoms with van der Waals surface area (Å²) in [6, 6.07) is 0. The minimum atomic E-state index is -0.843. The summed E-state index contributed by atoms with van der Waals surface area (Å²) >= 11 is 0. The molecule has 0 saturated carbocycles. The Hall–Kier alpha value is -2.12. The van der Waals surface area contributed by atoms with Crippen LogP contribution < -0.4 is 0 Å². The second-order valence-corrected chi connectivity index (χ2v) is 7.57. The third kappa shape index (κ3) is 18.4. The number of unbranched alkanes of at least 4 members (excludes halogenated alkanes) is 6. The highest BCUT2D eigenvalue weighted by atomic mass is 16.7. The lowest BCUT2D eigenvalue weighted by Crippen LogP contribution is -2.21. The third-order valence-corrected chi connectivity index (χ3v) is 4.36. The molecule has 0 saturated heterocycles. The summed E-state index contributed by atoms with van der Waals surface area (Å²) in [4.78, 5) is 46.1. The molecule has 0 heterocycles. The molecule has 0 bridgehead atoms. The summed E-state index contributed by atoms with van der Waals surface area (Å²) in [6.45, 7) is 6.84. The monoisotopic (exact) mass is 444 g/mol. The van der Waals surface area contributed by atoms with Crippen molar-refractivity contribution < 1.29 is 38.1 Å². The van der Waals surface area contributed by atoms with Crippen LogP contribution in [-0.2, 0) is 38.1 Å². The van der Waals surface area contributed by atoms with Gasteiger partial charge in [0.15, 0.2) is 0 Å². The fourth-order valence-corrected chi connectivity index (χ4v) is 2.86. The molecule has 0 aromatic heterocycles. The van der Waals surface area contributed by atoms with E-state index in [-0.39, 0.29) is 23.9 Å². The SMILES string of the molecule is CCCC(=O)OC(C)OC(=O)CCCCCCCCCC(=O)OC(C)OC(=O)CCC. The summed E-state index contributed by atoms with van der Waals surface area (Å²) in [7, 11) is 0. The van der Waals surface area contributed by atoms with Crippen LogP contribution in [0, 0.1) is 0 Å². The standard InChI is InChI=1S/C23H40O8/c1-5-14-20(24)28-18(3)30-22(26)16-12-10-8-7-9-11-13-17-23(27)31-19(4)29-21(25)15-6-2/h18-19H,5-17H2,1-4H3. The Balaban J connectivity index is 3.58. The van der Waals surface area contributed by atoms with E-state index in [1.807, 2.05) is 13.8 Å². The van der Waals surface area contributed by atoms with E-state index in [2.05, 4.69) is 0 Å². The zero-order valence-corrected chi connectivity index (χ0v) is 19.6. The van der Waals surface area contributed by atoms with E-state index in [0.29, 0.717) is 38.5 Å². The predicted molar refractivity (Wildman–Crippen MR) is 115 cm³/mol. The molecule has 180 valence electrons. The van der Waals surface area contributed by atoms with Gasteiger partial charge in [-0.25, -0.2) is 0 Å². The summed E-state index contributed by atoms with van der Waals surface area (Å²) in [6.07, 6.45) is 7.28. The van der Waals surface area contributed by atoms with Gasteiger partial charge in [-0.05, 0) is 25.7 Å². The molecular formula is C23H40O8. The van der Waals surface area contributed by atoms with E-state index in [0.717, 1.165) is 44.9 Å². The van der Waals surface area contributed by atoms with Gasteiger partial charge in [0.1, 0.15) is 0 Å². The first-order valence-electron chi connectivity index (χ1n) is 11.6. The second kappa shape index (κ2) is 18.6. The van der Waals surface area contributed by atoms with Gasteiger partial charge in [-0.1, -0.05) is 46.0 Å². The molecule has 0 aliphatic heterocycles. The zero-order valence-electron chi connectivity index (χ0n) is 19.6. The van der Waals surface area contributed by atoms with E-state index in [4.69, 9.17) is 18.9 Å². The predicted octanol–water partition coefficient (Wildman–Crippen LogP) is 4.96. The molecule has 0 aliphatic carbocycles. The smallest absolute Gasteiger partial charge is 0.308 e. The third-order valence-electron chi connectivity index (χ3n) is 4.36. The van der Waals surface area contributed by atoms with Crippen molar-refractivity contribution in [3.63, 3.8) is 0 Å². The maximum Gasteiger partial charge on any atom is 0.308 e. The molecule has 8 heteroatoms. The number of esters is 4. The highest BCUT2D eigenvalue weighted by Gasteiger charge is 2.14. The van der Waals surface area contributed by atoms with Crippen LogP contribution in [0.2, 0.25) is 0 Å². The first kappa shape index (κ1) is 28.9. The average molecular weight is 445 g/mol. The molecule has 0 amide bonds. The van der Waals surface area contributed by atoms with Gasteiger partial charge < -0.3 is 18.9 Å². The number of ether oxygens (including phenoxy) is 4. The molecule has 0 N–H and O–H groups in total. The molecule has 8 nitrogen and oxygen atoms in total. The Kier molecular flexibility index (Phi) is 17.4. The number of hydrogen-bond donors (Lipinski definition) is 0. The fraction of sp³-hybridized carbons (Fsp3) is 0.826. The summed E-state index contributed by atoms with van der Waals surface area (Å²) in [5.41, 5.74) is 0. The van der Waals surface area contributed by atoms with Crippen molar-refractivity contribution in [2.75, 3.05) is 0 Å². The van der Waals surface area contributed by atoms with Crippen LogP contribution in [0.4, 0.5) is 0 Å². The van der Waals surface area contributed by atoms with Gasteiger partial charge in [0.25, 0.3) is 0 Å². The maximum atomic E-state index is 11.7. The summed E-state index contributed by atoms with van der Waals surface area (Å²) < 4.78 is 20.1. The lowest BCUT2D eigenvalue weighted by Gasteiger charge is -2.14. The minimum absolute atomic E-state index is 0.308. The van der Waals surface area contributed by atoms with Crippen molar-refractivity contribution in [2.45, 2.75) is 124 Å². The number of rotatable bonds is 18. The largest absolute Gasteiger partial charge is 0.425 e. The first-order valence-corrected chi connectivity index (χ1v) is 11.6. The number of hydrogen-bond acceptors (Lipinski definition) is 8. The van der Waals surface area contributed by atoms with Crippen LogP contribution in [0.5, 0.6) is 0 Å². The first-order chi connectivity index (χ1) is 14.8. The van der Waals surface area contributed by atoms with Gasteiger partial charge in [0.05, 0.1) is 0 Å². The molecule has 0 aromatic carbocycles. The van der Waals surface area contributed by atoms with E-state index < -0.39 is 12.6 Å². The van der Waals surface area contributed by atoms with Crippen LogP contribution in [-0.4, -0.2) is 36.5 Å². The summed E-state index contributed by atoms with van der Waals surface area (Å²) in [5.74, 6) is -1.43. The van der Waals surface area contributed by atoms with Crippen molar-refractivity contribution >= 4 is 23.9 Å². The second-order valence-electron chi connectivity index (χ2n) is 7.57. The highest BCUT2D eigenvalue weighted by molar-refractivity contribution is 5.71. The van der Waals surface area contributed by atoms with Crippen molar-refractivity contribution in [1.29, 1.82) is 0 Å². The minimum Gasteiger partial charge on any atom is -0.425 e. The molecule has 0 spiro atoms. The Morgan fingerprint density at radius 1 is 0.484 bits per heavy atom. The highest BCUT2D eigenvalue weighted by Crippen LogP contribution is 2.12. The Morgan fingerprint density at radius 2 is 0.742 bits per heavy atom. The molecule has 31 heavy (non-hydrogen) atoms. The topological polar surface area (TPSA) is 105 Å². The lowest BCUT2D eigenvalue weighted by atomic mass is 10.1. The normalized spacial score (nSPS) is 12.5. The van der Waals surface area contributed by atoms with Crippen LogP contribution in [0.25, 0.3) is 0 Å². The number of carbonyl (C=O) groups is 4. The van der Waals surface area contributed by atoms with E-state index >= 15 is 0 Å². The van der Waals surface area contributed by atoms with E-state index in [1.165, 1.54) is 0 Å². The van der Waals surface area contributed by atoms with Gasteiger partial charge >= 0.3 is 23.9 Å². The maximum absolute atomic E-state index is 11.7. The van der Waals surface area contributed by atoms with Crippen LogP contribution in [0.15, 0.2) is 0 Å². The van der Waals surface area contributed by atoms with Gasteiger partial charge in [0.2, 0.25) is 12.6 Å². The Morgan fingerprint density at radius 3 is 1.03 bits per heavy atom. The number of carbonyl (C=O) groups excluding carboxylic acids is 4. The molecular weight excluding hydrogens is 404 g/mol. The fourth-order valence-electron chi connectivity index (χ4n) is 2.86. The van der Waals surface area contributed by atoms with Gasteiger partial charge in [-0.3, -0.25) is 19.2 Å². The van der Waals surface area contributed by atoms with Crippen molar-refractivity contribution in [2.24, 2.45) is 0 Å². The molecule has 0 aromatic rings. The lowest BCUT2D eigenvalue weighted by molar-refractivity contribution is -0.186. The van der Waals surface area contributed by atoms with Crippen LogP contribution >= 0.6 is 0 Å². The summed E-state index contributed by atoms with van der Waals surface area (Å²) in [5, 5.41) is 0. The van der Waals surface area contributed by atoms with Gasteiger partial charge in [-0.2, -0.15) is 0 Å². The van der Waals surface area contributed by atoms with Gasteiger partial charge in [0, 0.05) is 39.5 Å². The van der Waals surface area contributed by atoms with Gasteiger partial charge in [-0.15, -0.1) is 0 Å². The van der Waals surface area contributed by atoms with Crippen molar-refractivity contribution in [3.05, 3.63) is 0 Å². The van der Waals surface area contributed by atoms with E-state index in [9.17, 15) is 19.2 Å². The quantitative estimate of drug-likeness (QED) is 0.166.